The zero-order chi connectivity index (χ0) is 13.4. The van der Waals surface area contributed by atoms with Crippen LogP contribution in [0.2, 0.25) is 10.0 Å². The Morgan fingerprint density at radius 2 is 2.05 bits per heavy atom. The Labute approximate surface area is 122 Å². The molecule has 8 heteroatoms. The van der Waals surface area contributed by atoms with Gasteiger partial charge in [0.05, 0.1) is 11.3 Å². The molecule has 96 valence electrons. The van der Waals surface area contributed by atoms with E-state index in [-0.39, 0.29) is 5.95 Å². The summed E-state index contributed by atoms with van der Waals surface area (Å²) in [6.45, 7) is 0. The minimum Gasteiger partial charge on any atom is -0.368 e. The van der Waals surface area contributed by atoms with Crippen LogP contribution < -0.4 is 5.73 Å². The number of nitrogens with two attached hydrogens (primary N) is 1. The molecule has 19 heavy (non-hydrogen) atoms. The van der Waals surface area contributed by atoms with Crippen molar-refractivity contribution in [1.82, 2.24) is 19.9 Å². The molecule has 0 unspecified atom stereocenters. The number of aromatic nitrogens is 4. The van der Waals surface area contributed by atoms with Crippen LogP contribution in [0.4, 0.5) is 5.95 Å². The summed E-state index contributed by atoms with van der Waals surface area (Å²) in [6, 6.07) is 5.28. The third-order valence-corrected chi connectivity index (χ3v) is 4.09. The highest BCUT2D eigenvalue weighted by Crippen LogP contribution is 2.36. The van der Waals surface area contributed by atoms with Crippen LogP contribution in [-0.2, 0) is 0 Å². The topological polar surface area (TPSA) is 80.5 Å². The number of aromatic amines is 1. The molecule has 3 aromatic rings. The summed E-state index contributed by atoms with van der Waals surface area (Å²) in [5.74, 6) is 0.173. The first-order valence-corrected chi connectivity index (χ1v) is 6.80. The van der Waals surface area contributed by atoms with E-state index >= 15 is 0 Å². The second-order valence-electron chi connectivity index (χ2n) is 3.66. The van der Waals surface area contributed by atoms with Crippen molar-refractivity contribution in [2.45, 2.75) is 9.92 Å². The molecule has 0 radical (unpaired) electrons. The Morgan fingerprint density at radius 3 is 2.84 bits per heavy atom. The fourth-order valence-corrected chi connectivity index (χ4v) is 2.98. The summed E-state index contributed by atoms with van der Waals surface area (Å²) in [6.07, 6.45) is 1.55. The number of rotatable bonds is 2. The van der Waals surface area contributed by atoms with Crippen LogP contribution >= 0.6 is 35.0 Å². The maximum atomic E-state index is 6.14. The number of imidazole rings is 1. The molecule has 0 saturated carbocycles. The highest BCUT2D eigenvalue weighted by atomic mass is 35.5. The van der Waals surface area contributed by atoms with E-state index in [9.17, 15) is 0 Å². The predicted octanol–water partition coefficient (Wildman–Crippen LogP) is 3.39. The maximum absolute atomic E-state index is 6.14. The lowest BCUT2D eigenvalue weighted by atomic mass is 10.4. The van der Waals surface area contributed by atoms with E-state index in [4.69, 9.17) is 28.9 Å². The van der Waals surface area contributed by atoms with E-state index in [2.05, 4.69) is 19.9 Å². The van der Waals surface area contributed by atoms with Crippen LogP contribution in [0.25, 0.3) is 11.2 Å². The van der Waals surface area contributed by atoms with Gasteiger partial charge in [-0.25, -0.2) is 9.97 Å². The van der Waals surface area contributed by atoms with Gasteiger partial charge >= 0.3 is 0 Å². The highest BCUT2D eigenvalue weighted by molar-refractivity contribution is 7.99. The largest absolute Gasteiger partial charge is 0.368 e. The second kappa shape index (κ2) is 4.88. The van der Waals surface area contributed by atoms with Crippen molar-refractivity contribution in [3.63, 3.8) is 0 Å². The summed E-state index contributed by atoms with van der Waals surface area (Å²) >= 11 is 13.4. The van der Waals surface area contributed by atoms with Crippen molar-refractivity contribution >= 4 is 52.1 Å². The number of nitrogens with one attached hydrogen (secondary N) is 1. The number of hydrogen-bond donors (Lipinski definition) is 2. The molecular weight excluding hydrogens is 305 g/mol. The van der Waals surface area contributed by atoms with Gasteiger partial charge in [0.1, 0.15) is 10.5 Å². The average Bonchev–Trinajstić information content (AvgIpc) is 2.80. The Balaban J connectivity index is 2.07. The first-order chi connectivity index (χ1) is 9.13. The third kappa shape index (κ3) is 2.47. The predicted molar refractivity (Wildman–Crippen MR) is 76.7 cm³/mol. The fourth-order valence-electron chi connectivity index (χ4n) is 1.56. The average molecular weight is 312 g/mol. The van der Waals surface area contributed by atoms with Crippen LogP contribution in [0.1, 0.15) is 0 Å². The number of fused-ring (bicyclic) bond motifs is 1. The number of nitrogen functional groups attached to an aromatic ring is 1. The molecule has 0 aliphatic heterocycles. The summed E-state index contributed by atoms with van der Waals surface area (Å²) < 4.78 is 0. The highest BCUT2D eigenvalue weighted by Gasteiger charge is 2.12. The molecule has 3 rings (SSSR count). The lowest BCUT2D eigenvalue weighted by Crippen LogP contribution is -1.97. The summed E-state index contributed by atoms with van der Waals surface area (Å²) in [7, 11) is 0. The summed E-state index contributed by atoms with van der Waals surface area (Å²) in [5, 5.41) is 1.81. The molecule has 0 fully saturated rings. The van der Waals surface area contributed by atoms with E-state index in [1.807, 2.05) is 6.07 Å². The van der Waals surface area contributed by atoms with Gasteiger partial charge in [-0.15, -0.1) is 0 Å². The van der Waals surface area contributed by atoms with E-state index < -0.39 is 0 Å². The SMILES string of the molecule is Nc1nc(Sc2ccc(Cl)cc2Cl)c2[nH]cnc2n1. The number of nitrogens with zero attached hydrogens (tertiary/aromatic N) is 3. The van der Waals surface area contributed by atoms with E-state index in [0.717, 1.165) is 10.4 Å². The molecule has 0 spiro atoms. The van der Waals surface area contributed by atoms with E-state index in [1.54, 1.807) is 18.5 Å². The molecule has 0 amide bonds. The van der Waals surface area contributed by atoms with Crippen LogP contribution in [0, 0.1) is 0 Å². The number of H-pyrrole nitrogens is 1. The van der Waals surface area contributed by atoms with Gasteiger partial charge in [-0.1, -0.05) is 35.0 Å². The van der Waals surface area contributed by atoms with Crippen molar-refractivity contribution in [1.29, 1.82) is 0 Å². The van der Waals surface area contributed by atoms with Crippen molar-refractivity contribution in [3.8, 4) is 0 Å². The normalized spacial score (nSPS) is 11.1. The second-order valence-corrected chi connectivity index (χ2v) is 5.54. The monoisotopic (exact) mass is 311 g/mol. The van der Waals surface area contributed by atoms with E-state index in [0.29, 0.717) is 20.7 Å². The van der Waals surface area contributed by atoms with Gasteiger partial charge in [0.2, 0.25) is 5.95 Å². The molecule has 2 heterocycles. The Morgan fingerprint density at radius 1 is 1.21 bits per heavy atom. The van der Waals surface area contributed by atoms with Crippen molar-refractivity contribution in [3.05, 3.63) is 34.6 Å². The Hall–Kier alpha value is -1.50. The molecule has 1 aromatic carbocycles. The molecule has 0 aliphatic rings. The molecule has 0 aliphatic carbocycles. The Bertz CT molecular complexity index is 758. The van der Waals surface area contributed by atoms with Crippen LogP contribution in [0.3, 0.4) is 0 Å². The van der Waals surface area contributed by atoms with Gasteiger partial charge in [0.15, 0.2) is 5.65 Å². The zero-order valence-electron chi connectivity index (χ0n) is 9.39. The van der Waals surface area contributed by atoms with Gasteiger partial charge in [0.25, 0.3) is 0 Å². The summed E-state index contributed by atoms with van der Waals surface area (Å²) in [5.41, 5.74) is 6.91. The minimum atomic E-state index is 0.173. The van der Waals surface area contributed by atoms with Crippen molar-refractivity contribution in [2.24, 2.45) is 0 Å². The maximum Gasteiger partial charge on any atom is 0.223 e. The smallest absolute Gasteiger partial charge is 0.223 e. The molecule has 0 bridgehead atoms. The number of anilines is 1. The molecule has 3 N–H and O–H groups in total. The van der Waals surface area contributed by atoms with Crippen LogP contribution in [0.15, 0.2) is 34.4 Å². The van der Waals surface area contributed by atoms with Gasteiger partial charge in [0, 0.05) is 9.92 Å². The van der Waals surface area contributed by atoms with Crippen LogP contribution in [-0.4, -0.2) is 19.9 Å². The lowest BCUT2D eigenvalue weighted by Gasteiger charge is -2.05. The molecule has 2 aromatic heterocycles. The molecule has 0 saturated heterocycles. The third-order valence-electron chi connectivity index (χ3n) is 2.37. The standard InChI is InChI=1S/C11H7Cl2N5S/c12-5-1-2-7(6(13)3-5)19-10-8-9(16-4-15-8)17-11(14)18-10/h1-4H,(H3,14,15,16,17,18). The molecule has 5 nitrogen and oxygen atoms in total. The van der Waals surface area contributed by atoms with Crippen molar-refractivity contribution < 1.29 is 0 Å². The van der Waals surface area contributed by atoms with Gasteiger partial charge in [-0.3, -0.25) is 0 Å². The van der Waals surface area contributed by atoms with Crippen molar-refractivity contribution in [2.75, 3.05) is 5.73 Å². The minimum absolute atomic E-state index is 0.173. The molecule has 0 atom stereocenters. The first-order valence-electron chi connectivity index (χ1n) is 5.23. The quantitative estimate of drug-likeness (QED) is 0.709. The number of hydrogen-bond acceptors (Lipinski definition) is 5. The van der Waals surface area contributed by atoms with Gasteiger partial charge in [-0.2, -0.15) is 4.98 Å². The van der Waals surface area contributed by atoms with Crippen LogP contribution in [0.5, 0.6) is 0 Å². The summed E-state index contributed by atoms with van der Waals surface area (Å²) in [4.78, 5) is 16.1. The molecular formula is C11H7Cl2N5S. The zero-order valence-corrected chi connectivity index (χ0v) is 11.7. The number of halogens is 2. The van der Waals surface area contributed by atoms with E-state index in [1.165, 1.54) is 11.8 Å². The fraction of sp³-hybridized carbons (Fsp3) is 0. The number of benzene rings is 1. The first kappa shape index (κ1) is 12.5. The lowest BCUT2D eigenvalue weighted by molar-refractivity contribution is 1.10. The van der Waals surface area contributed by atoms with Gasteiger partial charge in [-0.05, 0) is 18.2 Å². The Kier molecular flexibility index (Phi) is 3.22. The van der Waals surface area contributed by atoms with Gasteiger partial charge < -0.3 is 10.7 Å².